The number of halogens is 2. The molecule has 0 heterocycles. The maximum Gasteiger partial charge on any atom is 0.258 e. The van der Waals surface area contributed by atoms with Gasteiger partial charge in [0, 0.05) is 5.02 Å². The third-order valence-electron chi connectivity index (χ3n) is 3.70. The van der Waals surface area contributed by atoms with E-state index in [9.17, 15) is 14.0 Å². The summed E-state index contributed by atoms with van der Waals surface area (Å²) in [5, 5.41) is 3.49. The van der Waals surface area contributed by atoms with Crippen molar-refractivity contribution in [2.24, 2.45) is 0 Å². The van der Waals surface area contributed by atoms with Crippen LogP contribution in [-0.4, -0.2) is 18.3 Å². The largest absolute Gasteiger partial charge is 0.483 e. The van der Waals surface area contributed by atoms with Crippen LogP contribution < -0.4 is 10.1 Å². The summed E-state index contributed by atoms with van der Waals surface area (Å²) in [6.07, 6.45) is 0.697. The second-order valence-corrected chi connectivity index (χ2v) is 6.00. The minimum atomic E-state index is -0.532. The second kappa shape index (κ2) is 8.62. The Morgan fingerprint density at radius 1 is 1.20 bits per heavy atom. The van der Waals surface area contributed by atoms with Crippen LogP contribution in [0.3, 0.4) is 0 Å². The Balaban J connectivity index is 2.00. The van der Waals surface area contributed by atoms with E-state index < -0.39 is 5.82 Å². The Morgan fingerprint density at radius 2 is 1.88 bits per heavy atom. The molecule has 0 bridgehead atoms. The van der Waals surface area contributed by atoms with Gasteiger partial charge in [0.15, 0.2) is 12.4 Å². The number of carbonyl (C=O) groups is 2. The number of nitrogens with one attached hydrogen (secondary N) is 1. The highest BCUT2D eigenvalue weighted by Crippen LogP contribution is 2.21. The average Bonchev–Trinajstić information content (AvgIpc) is 2.59. The minimum absolute atomic E-state index is 0.109. The van der Waals surface area contributed by atoms with Crippen LogP contribution >= 0.6 is 11.6 Å². The monoisotopic (exact) mass is 363 g/mol. The maximum atomic E-state index is 13.2. The number of hydrogen-bond donors (Lipinski definition) is 1. The van der Waals surface area contributed by atoms with E-state index in [2.05, 4.69) is 5.32 Å². The third kappa shape index (κ3) is 5.29. The lowest BCUT2D eigenvalue weighted by molar-refractivity contribution is -0.123. The summed E-state index contributed by atoms with van der Waals surface area (Å²) in [5.41, 5.74) is 1.05. The van der Waals surface area contributed by atoms with E-state index in [1.165, 1.54) is 19.1 Å². The van der Waals surface area contributed by atoms with E-state index in [-0.39, 0.29) is 35.7 Å². The predicted molar refractivity (Wildman–Crippen MR) is 94.5 cm³/mol. The molecule has 0 saturated carbocycles. The first kappa shape index (κ1) is 18.9. The fourth-order valence-corrected chi connectivity index (χ4v) is 2.52. The lowest BCUT2D eigenvalue weighted by Gasteiger charge is -2.18. The van der Waals surface area contributed by atoms with Crippen LogP contribution in [-0.2, 0) is 4.79 Å². The molecular formula is C19H19ClFNO3. The van der Waals surface area contributed by atoms with E-state index in [0.29, 0.717) is 11.4 Å². The van der Waals surface area contributed by atoms with Gasteiger partial charge >= 0.3 is 0 Å². The van der Waals surface area contributed by atoms with Crippen molar-refractivity contribution >= 4 is 23.3 Å². The highest BCUT2D eigenvalue weighted by Gasteiger charge is 2.15. The highest BCUT2D eigenvalue weighted by atomic mass is 35.5. The number of carbonyl (C=O) groups excluding carboxylic acids is 2. The molecule has 1 amide bonds. The summed E-state index contributed by atoms with van der Waals surface area (Å²) in [6, 6.07) is 10.7. The molecule has 1 N–H and O–H groups in total. The molecule has 0 radical (unpaired) electrons. The van der Waals surface area contributed by atoms with Gasteiger partial charge in [-0.05, 0) is 49.2 Å². The summed E-state index contributed by atoms with van der Waals surface area (Å²) < 4.78 is 18.6. The number of ketones is 1. The number of benzene rings is 2. The Bertz CT molecular complexity index is 762. The Labute approximate surface area is 150 Å². The van der Waals surface area contributed by atoms with Crippen molar-refractivity contribution < 1.29 is 18.7 Å². The van der Waals surface area contributed by atoms with Crippen LogP contribution in [0.15, 0.2) is 42.5 Å². The molecule has 0 spiro atoms. The molecule has 6 heteroatoms. The molecule has 25 heavy (non-hydrogen) atoms. The molecule has 132 valence electrons. The zero-order valence-corrected chi connectivity index (χ0v) is 14.8. The molecule has 0 saturated heterocycles. The first-order chi connectivity index (χ1) is 11.9. The molecule has 2 aromatic rings. The lowest BCUT2D eigenvalue weighted by Crippen LogP contribution is -2.32. The van der Waals surface area contributed by atoms with E-state index >= 15 is 0 Å². The normalized spacial score (nSPS) is 11.7. The van der Waals surface area contributed by atoms with Gasteiger partial charge in [0.1, 0.15) is 11.6 Å². The molecule has 2 aromatic carbocycles. The van der Waals surface area contributed by atoms with Gasteiger partial charge in [-0.25, -0.2) is 4.39 Å². The topological polar surface area (TPSA) is 55.4 Å². The molecule has 0 aliphatic heterocycles. The minimum Gasteiger partial charge on any atom is -0.483 e. The predicted octanol–water partition coefficient (Wildman–Crippen LogP) is 4.33. The third-order valence-corrected chi connectivity index (χ3v) is 3.95. The molecule has 0 aliphatic carbocycles. The molecule has 1 unspecified atom stereocenters. The smallest absolute Gasteiger partial charge is 0.258 e. The van der Waals surface area contributed by atoms with Crippen LogP contribution in [0.25, 0.3) is 0 Å². The number of Topliss-reactive ketones (excluding diaryl/α,β-unsaturated/α-hetero) is 1. The summed E-state index contributed by atoms with van der Waals surface area (Å²) in [7, 11) is 0. The summed E-state index contributed by atoms with van der Waals surface area (Å²) in [4.78, 5) is 23.7. The maximum absolute atomic E-state index is 13.2. The molecule has 4 nitrogen and oxygen atoms in total. The SMILES string of the molecule is CCC(NC(=O)COc1ccc(F)cc1C(C)=O)c1ccc(Cl)cc1. The zero-order chi connectivity index (χ0) is 18.4. The van der Waals surface area contributed by atoms with Crippen LogP contribution in [0.2, 0.25) is 5.02 Å². The Hall–Kier alpha value is -2.40. The number of rotatable bonds is 7. The summed E-state index contributed by atoms with van der Waals surface area (Å²) in [5.74, 6) is -1.01. The molecular weight excluding hydrogens is 345 g/mol. The molecule has 0 aliphatic rings. The molecule has 1 atom stereocenters. The van der Waals surface area contributed by atoms with Crippen LogP contribution in [0.1, 0.15) is 42.2 Å². The van der Waals surface area contributed by atoms with Gasteiger partial charge in [-0.15, -0.1) is 0 Å². The van der Waals surface area contributed by atoms with Gasteiger partial charge < -0.3 is 10.1 Å². The van der Waals surface area contributed by atoms with Crippen LogP contribution in [0, 0.1) is 5.82 Å². The van der Waals surface area contributed by atoms with Crippen molar-refractivity contribution in [3.05, 3.63) is 64.4 Å². The van der Waals surface area contributed by atoms with E-state index in [1.54, 1.807) is 12.1 Å². The van der Waals surface area contributed by atoms with Crippen LogP contribution in [0.5, 0.6) is 5.75 Å². The first-order valence-electron chi connectivity index (χ1n) is 7.88. The van der Waals surface area contributed by atoms with Crippen molar-refractivity contribution in [1.82, 2.24) is 5.32 Å². The van der Waals surface area contributed by atoms with E-state index in [4.69, 9.17) is 16.3 Å². The van der Waals surface area contributed by atoms with Gasteiger partial charge in [-0.2, -0.15) is 0 Å². The highest BCUT2D eigenvalue weighted by molar-refractivity contribution is 6.30. The molecule has 0 fully saturated rings. The van der Waals surface area contributed by atoms with Crippen molar-refractivity contribution in [2.75, 3.05) is 6.61 Å². The average molecular weight is 364 g/mol. The van der Waals surface area contributed by atoms with Gasteiger partial charge in [0.05, 0.1) is 11.6 Å². The summed E-state index contributed by atoms with van der Waals surface area (Å²) >= 11 is 5.87. The van der Waals surface area contributed by atoms with Gasteiger partial charge in [0.2, 0.25) is 0 Å². The van der Waals surface area contributed by atoms with Crippen molar-refractivity contribution in [2.45, 2.75) is 26.3 Å². The first-order valence-corrected chi connectivity index (χ1v) is 8.26. The van der Waals surface area contributed by atoms with Crippen molar-refractivity contribution in [1.29, 1.82) is 0 Å². The Kier molecular flexibility index (Phi) is 6.53. The standard InChI is InChI=1S/C19H19ClFNO3/c1-3-17(13-4-6-14(20)7-5-13)22-19(24)11-25-18-9-8-15(21)10-16(18)12(2)23/h4-10,17H,3,11H2,1-2H3,(H,22,24). The number of amides is 1. The van der Waals surface area contributed by atoms with E-state index in [0.717, 1.165) is 11.6 Å². The van der Waals surface area contributed by atoms with Crippen molar-refractivity contribution in [3.63, 3.8) is 0 Å². The Morgan fingerprint density at radius 3 is 2.48 bits per heavy atom. The lowest BCUT2D eigenvalue weighted by atomic mass is 10.0. The fraction of sp³-hybridized carbons (Fsp3) is 0.263. The van der Waals surface area contributed by atoms with Gasteiger partial charge in [0.25, 0.3) is 5.91 Å². The second-order valence-electron chi connectivity index (χ2n) is 5.57. The molecule has 0 aromatic heterocycles. The summed E-state index contributed by atoms with van der Waals surface area (Å²) in [6.45, 7) is 3.00. The number of hydrogen-bond acceptors (Lipinski definition) is 3. The molecule has 2 rings (SSSR count). The fourth-order valence-electron chi connectivity index (χ4n) is 2.40. The van der Waals surface area contributed by atoms with E-state index in [1.807, 2.05) is 19.1 Å². The van der Waals surface area contributed by atoms with Crippen molar-refractivity contribution in [3.8, 4) is 5.75 Å². The van der Waals surface area contributed by atoms with Gasteiger partial charge in [-0.1, -0.05) is 30.7 Å². The quantitative estimate of drug-likeness (QED) is 0.745. The van der Waals surface area contributed by atoms with Crippen LogP contribution in [0.4, 0.5) is 4.39 Å². The van der Waals surface area contributed by atoms with Gasteiger partial charge in [-0.3, -0.25) is 9.59 Å². The number of ether oxygens (including phenoxy) is 1. The zero-order valence-electron chi connectivity index (χ0n) is 14.0.